The van der Waals surface area contributed by atoms with Crippen LogP contribution in [0.2, 0.25) is 0 Å². The zero-order valence-electron chi connectivity index (χ0n) is 30.6. The standard InChI is InChI=1S/C53H31N3O/c1-2-15-32(16-3-1)52-54-45(37-22-14-28-49-51(37)38-21-8-13-27-48(38)57-49)31-50(55-52)56-46-26-12-7-20-36(46)40-29-39-35-19-6-11-25-43(35)53(44(39)30-47(40)56)41-23-9-4-17-33(41)34-18-5-10-24-42(34)53/h1-31H. The highest BCUT2D eigenvalue weighted by Crippen LogP contribution is 2.63. The summed E-state index contributed by atoms with van der Waals surface area (Å²) in [6, 6.07) is 67.6. The number of aromatic nitrogens is 3. The predicted octanol–water partition coefficient (Wildman–Crippen LogP) is 13.2. The average Bonchev–Trinajstić information content (AvgIpc) is 3.99. The van der Waals surface area contributed by atoms with Crippen molar-refractivity contribution in [1.82, 2.24) is 14.5 Å². The molecule has 0 N–H and O–H groups in total. The molecule has 0 atom stereocenters. The fourth-order valence-electron chi connectivity index (χ4n) is 10.2. The van der Waals surface area contributed by atoms with Gasteiger partial charge in [-0.05, 0) is 74.8 Å². The van der Waals surface area contributed by atoms with Gasteiger partial charge in [0.05, 0.1) is 22.1 Å². The van der Waals surface area contributed by atoms with Crippen LogP contribution < -0.4 is 0 Å². The molecule has 0 aliphatic heterocycles. The maximum atomic E-state index is 6.36. The highest BCUT2D eigenvalue weighted by atomic mass is 16.3. The third kappa shape index (κ3) is 4.01. The molecule has 1 spiro atoms. The molecule has 0 amide bonds. The summed E-state index contributed by atoms with van der Waals surface area (Å²) in [6.07, 6.45) is 0. The van der Waals surface area contributed by atoms with E-state index in [1.807, 2.05) is 36.4 Å². The van der Waals surface area contributed by atoms with Gasteiger partial charge < -0.3 is 4.42 Å². The van der Waals surface area contributed by atoms with E-state index in [9.17, 15) is 0 Å². The Morgan fingerprint density at radius 1 is 0.404 bits per heavy atom. The zero-order valence-corrected chi connectivity index (χ0v) is 30.6. The Balaban J connectivity index is 1.15. The monoisotopic (exact) mass is 725 g/mol. The second kappa shape index (κ2) is 11.2. The van der Waals surface area contributed by atoms with Crippen LogP contribution >= 0.6 is 0 Å². The Labute approximate surface area is 328 Å². The van der Waals surface area contributed by atoms with E-state index in [4.69, 9.17) is 14.4 Å². The fourth-order valence-corrected chi connectivity index (χ4v) is 10.2. The maximum Gasteiger partial charge on any atom is 0.162 e. The van der Waals surface area contributed by atoms with Crippen molar-refractivity contribution in [2.45, 2.75) is 5.41 Å². The summed E-state index contributed by atoms with van der Waals surface area (Å²) < 4.78 is 8.72. The van der Waals surface area contributed by atoms with Crippen molar-refractivity contribution in [3.63, 3.8) is 0 Å². The number of fused-ring (bicyclic) bond motifs is 16. The zero-order chi connectivity index (χ0) is 37.2. The highest BCUT2D eigenvalue weighted by molar-refractivity contribution is 6.14. The number of furan rings is 1. The minimum atomic E-state index is -0.460. The predicted molar refractivity (Wildman–Crippen MR) is 231 cm³/mol. The van der Waals surface area contributed by atoms with Crippen LogP contribution in [0.25, 0.3) is 94.5 Å². The molecular formula is C53H31N3O. The molecule has 0 bridgehead atoms. The Bertz CT molecular complexity index is 3440. The van der Waals surface area contributed by atoms with Crippen molar-refractivity contribution in [3.8, 4) is 50.7 Å². The van der Waals surface area contributed by atoms with Crippen LogP contribution in [0.3, 0.4) is 0 Å². The molecule has 8 aromatic carbocycles. The number of benzene rings is 8. The Kier molecular flexibility index (Phi) is 6.07. The second-order valence-electron chi connectivity index (χ2n) is 15.2. The molecule has 0 unspecified atom stereocenters. The first-order valence-corrected chi connectivity index (χ1v) is 19.5. The summed E-state index contributed by atoms with van der Waals surface area (Å²) in [5, 5.41) is 4.50. The van der Waals surface area contributed by atoms with E-state index in [0.29, 0.717) is 5.82 Å². The molecule has 0 saturated carbocycles. The highest BCUT2D eigenvalue weighted by Gasteiger charge is 2.51. The normalized spacial score (nSPS) is 13.4. The number of hydrogen-bond acceptors (Lipinski definition) is 3. The maximum absolute atomic E-state index is 6.36. The number of rotatable bonds is 3. The minimum absolute atomic E-state index is 0.460. The summed E-state index contributed by atoms with van der Waals surface area (Å²) in [5.74, 6) is 1.48. The summed E-state index contributed by atoms with van der Waals surface area (Å²) in [5.41, 5.74) is 16.7. The molecular weight excluding hydrogens is 695 g/mol. The Hall–Kier alpha value is -7.56. The van der Waals surface area contributed by atoms with Gasteiger partial charge in [0.25, 0.3) is 0 Å². The van der Waals surface area contributed by atoms with E-state index in [-0.39, 0.29) is 0 Å². The van der Waals surface area contributed by atoms with Crippen molar-refractivity contribution in [1.29, 1.82) is 0 Å². The lowest BCUT2D eigenvalue weighted by Gasteiger charge is -2.30. The fraction of sp³-hybridized carbons (Fsp3) is 0.0189. The molecule has 3 aromatic heterocycles. The van der Waals surface area contributed by atoms with Crippen LogP contribution in [0.15, 0.2) is 192 Å². The largest absolute Gasteiger partial charge is 0.456 e. The molecule has 0 fully saturated rings. The lowest BCUT2D eigenvalue weighted by Crippen LogP contribution is -2.25. The third-order valence-corrected chi connectivity index (χ3v) is 12.4. The van der Waals surface area contributed by atoms with Gasteiger partial charge in [-0.25, -0.2) is 9.97 Å². The first-order chi connectivity index (χ1) is 28.3. The van der Waals surface area contributed by atoms with E-state index >= 15 is 0 Å². The average molecular weight is 726 g/mol. The van der Waals surface area contributed by atoms with Gasteiger partial charge in [-0.2, -0.15) is 0 Å². The van der Waals surface area contributed by atoms with Gasteiger partial charge in [-0.15, -0.1) is 0 Å². The van der Waals surface area contributed by atoms with E-state index < -0.39 is 5.41 Å². The van der Waals surface area contributed by atoms with Gasteiger partial charge in [-0.3, -0.25) is 4.57 Å². The second-order valence-corrected chi connectivity index (χ2v) is 15.2. The van der Waals surface area contributed by atoms with Gasteiger partial charge in [0.2, 0.25) is 0 Å². The Morgan fingerprint density at radius 2 is 1.00 bits per heavy atom. The molecule has 264 valence electrons. The molecule has 11 aromatic rings. The van der Waals surface area contributed by atoms with Crippen LogP contribution in [0.5, 0.6) is 0 Å². The SMILES string of the molecule is c1ccc(-c2nc(-c3cccc4oc5ccccc5c34)cc(-n3c4ccccc4c4cc5c(cc43)C3(c4ccccc4-c4ccccc43)c3ccccc3-5)n2)cc1. The van der Waals surface area contributed by atoms with Crippen molar-refractivity contribution in [3.05, 3.63) is 210 Å². The molecule has 3 heterocycles. The lowest BCUT2D eigenvalue weighted by atomic mass is 9.70. The molecule has 4 heteroatoms. The summed E-state index contributed by atoms with van der Waals surface area (Å²) >= 11 is 0. The smallest absolute Gasteiger partial charge is 0.162 e. The third-order valence-electron chi connectivity index (χ3n) is 12.4. The molecule has 4 nitrogen and oxygen atoms in total. The summed E-state index contributed by atoms with van der Waals surface area (Å²) in [7, 11) is 0. The van der Waals surface area contributed by atoms with E-state index in [1.54, 1.807) is 0 Å². The van der Waals surface area contributed by atoms with Gasteiger partial charge in [0.1, 0.15) is 17.0 Å². The van der Waals surface area contributed by atoms with E-state index in [1.165, 1.54) is 55.3 Å². The number of para-hydroxylation sites is 2. The van der Waals surface area contributed by atoms with Crippen LogP contribution in [-0.2, 0) is 5.41 Å². The topological polar surface area (TPSA) is 43.9 Å². The molecule has 13 rings (SSSR count). The molecule has 2 aliphatic carbocycles. The summed E-state index contributed by atoms with van der Waals surface area (Å²) in [6.45, 7) is 0. The molecule has 57 heavy (non-hydrogen) atoms. The first-order valence-electron chi connectivity index (χ1n) is 19.5. The minimum Gasteiger partial charge on any atom is -0.456 e. The van der Waals surface area contributed by atoms with Crippen LogP contribution in [0.1, 0.15) is 22.3 Å². The van der Waals surface area contributed by atoms with Crippen molar-refractivity contribution < 1.29 is 4.42 Å². The van der Waals surface area contributed by atoms with Gasteiger partial charge in [0, 0.05) is 38.7 Å². The van der Waals surface area contributed by atoms with Gasteiger partial charge in [-0.1, -0.05) is 152 Å². The first kappa shape index (κ1) is 30.7. The van der Waals surface area contributed by atoms with Crippen molar-refractivity contribution in [2.24, 2.45) is 0 Å². The van der Waals surface area contributed by atoms with Crippen molar-refractivity contribution >= 4 is 43.7 Å². The summed E-state index contributed by atoms with van der Waals surface area (Å²) in [4.78, 5) is 10.7. The Morgan fingerprint density at radius 3 is 1.75 bits per heavy atom. The van der Waals surface area contributed by atoms with Gasteiger partial charge in [0.15, 0.2) is 5.82 Å². The number of nitrogens with zero attached hydrogens (tertiary/aromatic N) is 3. The van der Waals surface area contributed by atoms with Crippen molar-refractivity contribution in [2.75, 3.05) is 0 Å². The van der Waals surface area contributed by atoms with E-state index in [2.05, 4.69) is 156 Å². The molecule has 0 radical (unpaired) electrons. The molecule has 2 aliphatic rings. The lowest BCUT2D eigenvalue weighted by molar-refractivity contribution is 0.669. The van der Waals surface area contributed by atoms with Gasteiger partial charge >= 0.3 is 0 Å². The van der Waals surface area contributed by atoms with Crippen LogP contribution in [-0.4, -0.2) is 14.5 Å². The van der Waals surface area contributed by atoms with Crippen LogP contribution in [0.4, 0.5) is 0 Å². The quantitative estimate of drug-likeness (QED) is 0.182. The van der Waals surface area contributed by atoms with Crippen LogP contribution in [0, 0.1) is 0 Å². The number of hydrogen-bond donors (Lipinski definition) is 0. The van der Waals surface area contributed by atoms with E-state index in [0.717, 1.165) is 55.6 Å². The molecule has 0 saturated heterocycles.